The maximum absolute atomic E-state index is 13.8. The van der Waals surface area contributed by atoms with Gasteiger partial charge < -0.3 is 78.1 Å². The van der Waals surface area contributed by atoms with Crippen molar-refractivity contribution in [3.63, 3.8) is 0 Å². The minimum atomic E-state index is -4.50. The van der Waals surface area contributed by atoms with Crippen LogP contribution < -0.4 is 20.9 Å². The summed E-state index contributed by atoms with van der Waals surface area (Å²) in [6.07, 6.45) is 0.523. The molecule has 4 N–H and O–H groups in total. The van der Waals surface area contributed by atoms with Crippen LogP contribution in [-0.2, 0) is 75.4 Å². The number of hydrogen-bond donors (Lipinski definition) is 4. The summed E-state index contributed by atoms with van der Waals surface area (Å²) in [7, 11) is 0. The van der Waals surface area contributed by atoms with E-state index in [0.29, 0.717) is 179 Å². The van der Waals surface area contributed by atoms with Crippen molar-refractivity contribution < 1.29 is 84.8 Å². The minimum absolute atomic E-state index is 0.00551. The molecule has 1 aliphatic rings. The van der Waals surface area contributed by atoms with Gasteiger partial charge in [0.2, 0.25) is 5.91 Å². The van der Waals surface area contributed by atoms with E-state index in [4.69, 9.17) is 57.2 Å². The summed E-state index contributed by atoms with van der Waals surface area (Å²) in [4.78, 5) is 46.1. The molecule has 0 atom stereocenters. The van der Waals surface area contributed by atoms with Gasteiger partial charge in [0.1, 0.15) is 0 Å². The number of carbonyl (C=O) groups excluding carboxylic acids is 3. The van der Waals surface area contributed by atoms with Crippen molar-refractivity contribution in [2.24, 2.45) is 0 Å². The third kappa shape index (κ3) is 30.2. The second kappa shape index (κ2) is 43.3. The second-order valence-electron chi connectivity index (χ2n) is 18.9. The number of aliphatic hydroxyl groups excluding tert-OH is 1. The van der Waals surface area contributed by atoms with Gasteiger partial charge in [-0.15, -0.1) is 0 Å². The van der Waals surface area contributed by atoms with Crippen molar-refractivity contribution in [1.82, 2.24) is 15.6 Å². The first-order valence-corrected chi connectivity index (χ1v) is 29.8. The van der Waals surface area contributed by atoms with Crippen LogP contribution in [0, 0.1) is 0 Å². The molecule has 0 spiro atoms. The highest BCUT2D eigenvalue weighted by molar-refractivity contribution is 7.98. The highest BCUT2D eigenvalue weighted by Gasteiger charge is 2.30. The van der Waals surface area contributed by atoms with Gasteiger partial charge in [-0.2, -0.15) is 24.9 Å². The number of halogens is 3. The predicted octanol–water partition coefficient (Wildman–Crippen LogP) is 6.85. The molecule has 0 saturated carbocycles. The van der Waals surface area contributed by atoms with Crippen LogP contribution in [0.15, 0.2) is 85.1 Å². The van der Waals surface area contributed by atoms with E-state index < -0.39 is 17.6 Å². The van der Waals surface area contributed by atoms with Gasteiger partial charge in [0.15, 0.2) is 0 Å². The number of aromatic nitrogens is 1. The monoisotopic (exact) mass is 1200 g/mol. The predicted molar refractivity (Wildman–Crippen MR) is 313 cm³/mol. The number of pyridine rings is 1. The maximum Gasteiger partial charge on any atom is 0.416 e. The lowest BCUT2D eigenvalue weighted by atomic mass is 10.0. The quantitative estimate of drug-likeness (QED) is 0.0332. The summed E-state index contributed by atoms with van der Waals surface area (Å²) in [5, 5.41) is 17.2. The average molecular weight is 1200 g/mol. The zero-order valence-electron chi connectivity index (χ0n) is 48.0. The number of carbonyl (C=O) groups is 3. The van der Waals surface area contributed by atoms with Gasteiger partial charge in [-0.25, -0.2) is 0 Å². The number of ether oxygens (including phenoxy) is 11. The molecule has 84 heavy (non-hydrogen) atoms. The number of nitrogens with zero attached hydrogens (tertiary/aromatic N) is 2. The zero-order valence-corrected chi connectivity index (χ0v) is 48.8. The first-order valence-electron chi connectivity index (χ1n) is 28.6. The number of thioether (sulfide) groups is 1. The first-order chi connectivity index (χ1) is 41.1. The summed E-state index contributed by atoms with van der Waals surface area (Å²) in [5.41, 5.74) is 3.80. The molecule has 24 heteroatoms. The Hall–Kier alpha value is -5.32. The molecule has 1 fully saturated rings. The number of nitrogens with one attached hydrogen (secondary N) is 3. The number of aliphatic hydroxyl groups is 1. The molecule has 1 saturated heterocycles. The van der Waals surface area contributed by atoms with Crippen LogP contribution in [0.4, 0.5) is 24.5 Å². The molecule has 2 heterocycles. The largest absolute Gasteiger partial charge is 0.416 e. The Morgan fingerprint density at radius 3 is 1.68 bits per heavy atom. The van der Waals surface area contributed by atoms with Gasteiger partial charge in [0.05, 0.1) is 169 Å². The van der Waals surface area contributed by atoms with Crippen LogP contribution in [0.3, 0.4) is 0 Å². The van der Waals surface area contributed by atoms with E-state index in [0.717, 1.165) is 61.5 Å². The molecule has 5 rings (SSSR count). The zero-order chi connectivity index (χ0) is 59.6. The lowest BCUT2D eigenvalue weighted by molar-refractivity contribution is -0.137. The lowest BCUT2D eigenvalue weighted by Crippen LogP contribution is -2.29. The maximum atomic E-state index is 13.8. The molecule has 3 aromatic carbocycles. The van der Waals surface area contributed by atoms with Crippen molar-refractivity contribution in [2.45, 2.75) is 44.2 Å². The standard InChI is InChI=1S/C60H84F3N5O15S/c61-60(62,63)52-9-5-6-48(43-52)46-66-58(71)51-12-14-64-56(44-51)54-45-53(68-16-2-1-3-17-68)10-11-55(54)67-59(72)50-8-4-7-49(42-50)47-84-41-40-83-39-38-82-37-28-76-25-22-73-19-13-57(70)65-15-20-74-23-26-77-29-31-79-33-35-81-36-34-80-32-30-78-27-24-75-21-18-69/h4-12,14,42-45,69H,1-3,13,15-41,46-47H2,(H,65,70)(H,66,71)(H,67,72). The molecular formula is C60H84F3N5O15S. The number of anilines is 2. The fraction of sp³-hybridized carbons (Fsp3) is 0.567. The second-order valence-corrected chi connectivity index (χ2v) is 20.0. The Morgan fingerprint density at radius 2 is 1.08 bits per heavy atom. The van der Waals surface area contributed by atoms with Gasteiger partial charge in [0, 0.05) is 72.7 Å². The Bertz CT molecular complexity index is 2440. The van der Waals surface area contributed by atoms with E-state index >= 15 is 0 Å². The summed E-state index contributed by atoms with van der Waals surface area (Å²) in [6, 6.07) is 21.2. The Morgan fingerprint density at radius 1 is 0.548 bits per heavy atom. The average Bonchev–Trinajstić information content (AvgIpc) is 3.70. The van der Waals surface area contributed by atoms with E-state index in [1.54, 1.807) is 23.9 Å². The number of amides is 3. The molecule has 1 aromatic heterocycles. The van der Waals surface area contributed by atoms with Gasteiger partial charge in [-0.05, 0) is 85.0 Å². The van der Waals surface area contributed by atoms with E-state index in [9.17, 15) is 27.6 Å². The van der Waals surface area contributed by atoms with Crippen LogP contribution in [0.5, 0.6) is 0 Å². The molecule has 20 nitrogen and oxygen atoms in total. The molecule has 466 valence electrons. The Balaban J connectivity index is 0.836. The van der Waals surface area contributed by atoms with E-state index in [1.165, 1.54) is 24.4 Å². The fourth-order valence-electron chi connectivity index (χ4n) is 8.13. The number of hydrogen-bond acceptors (Lipinski definition) is 18. The van der Waals surface area contributed by atoms with Crippen molar-refractivity contribution in [2.75, 3.05) is 188 Å². The summed E-state index contributed by atoms with van der Waals surface area (Å²) >= 11 is 1.69. The molecule has 0 radical (unpaired) electrons. The summed E-state index contributed by atoms with van der Waals surface area (Å²) in [6.45, 7) is 11.5. The van der Waals surface area contributed by atoms with Gasteiger partial charge in [-0.1, -0.05) is 24.3 Å². The first kappa shape index (κ1) is 69.5. The van der Waals surface area contributed by atoms with Crippen molar-refractivity contribution in [3.8, 4) is 11.3 Å². The van der Waals surface area contributed by atoms with Crippen molar-refractivity contribution in [1.29, 1.82) is 0 Å². The van der Waals surface area contributed by atoms with Gasteiger partial charge in [0.25, 0.3) is 11.8 Å². The van der Waals surface area contributed by atoms with Gasteiger partial charge >= 0.3 is 6.18 Å². The molecule has 0 aliphatic carbocycles. The van der Waals surface area contributed by atoms with Gasteiger partial charge in [-0.3, -0.25) is 19.4 Å². The Kier molecular flexibility index (Phi) is 35.8. The van der Waals surface area contributed by atoms with Crippen LogP contribution in [0.1, 0.15) is 63.1 Å². The van der Waals surface area contributed by atoms with Crippen LogP contribution >= 0.6 is 11.8 Å². The highest BCUT2D eigenvalue weighted by Crippen LogP contribution is 2.34. The number of piperidine rings is 1. The van der Waals surface area contributed by atoms with E-state index in [1.807, 2.05) is 36.4 Å². The van der Waals surface area contributed by atoms with Crippen LogP contribution in [0.25, 0.3) is 11.3 Å². The third-order valence-electron chi connectivity index (χ3n) is 12.4. The molecule has 0 bridgehead atoms. The molecule has 3 amide bonds. The SMILES string of the molecule is O=C(CCOCCOCCOCCOCCSCc1cccc(C(=O)Nc2ccc(N3CCCCC3)cc2-c2cc(C(=O)NCc3cccc(C(F)(F)F)c3)ccn2)c1)NCCOCCOCCOCCOCCOCCOCCOCCO. The Labute approximate surface area is 495 Å². The lowest BCUT2D eigenvalue weighted by Gasteiger charge is -2.29. The smallest absolute Gasteiger partial charge is 0.394 e. The van der Waals surface area contributed by atoms with Crippen LogP contribution in [0.2, 0.25) is 0 Å². The van der Waals surface area contributed by atoms with Crippen molar-refractivity contribution in [3.05, 3.63) is 113 Å². The van der Waals surface area contributed by atoms with Crippen LogP contribution in [-0.4, -0.2) is 205 Å². The minimum Gasteiger partial charge on any atom is -0.394 e. The number of alkyl halides is 3. The third-order valence-corrected chi connectivity index (χ3v) is 13.4. The highest BCUT2D eigenvalue weighted by atomic mass is 32.2. The van der Waals surface area contributed by atoms with E-state index in [-0.39, 0.29) is 43.6 Å². The topological polar surface area (TPSA) is 225 Å². The molecular weight excluding hydrogens is 1120 g/mol. The molecule has 0 unspecified atom stereocenters. The molecule has 4 aromatic rings. The van der Waals surface area contributed by atoms with E-state index in [2.05, 4.69) is 25.8 Å². The fourth-order valence-corrected chi connectivity index (χ4v) is 8.93. The number of benzene rings is 3. The summed E-state index contributed by atoms with van der Waals surface area (Å²) < 4.78 is 100. The molecule has 1 aliphatic heterocycles. The van der Waals surface area contributed by atoms with Crippen molar-refractivity contribution >= 4 is 40.9 Å². The summed E-state index contributed by atoms with van der Waals surface area (Å²) in [5.74, 6) is 0.508. The number of rotatable bonds is 47. The normalized spacial score (nSPS) is 12.6.